The lowest BCUT2D eigenvalue weighted by Gasteiger charge is -2.02. The zero-order valence-electron chi connectivity index (χ0n) is 9.40. The molecule has 1 aromatic rings. The molecule has 6 heteroatoms. The molecule has 0 spiro atoms. The largest absolute Gasteiger partial charge is 0.351 e. The van der Waals surface area contributed by atoms with Gasteiger partial charge in [-0.3, -0.25) is 4.79 Å². The molecule has 0 aromatic carbocycles. The zero-order valence-corrected chi connectivity index (χ0v) is 10.2. The molecule has 1 aromatic heterocycles. The molecule has 1 rings (SSSR count). The second-order valence-electron chi connectivity index (χ2n) is 3.61. The molecule has 1 heterocycles. The van der Waals surface area contributed by atoms with Crippen molar-refractivity contribution in [3.05, 3.63) is 16.1 Å². The van der Waals surface area contributed by atoms with E-state index in [4.69, 9.17) is 11.5 Å². The Bertz CT molecular complexity index is 337. The lowest BCUT2D eigenvalue weighted by molar-refractivity contribution is 0.0948. The molecule has 0 aliphatic rings. The van der Waals surface area contributed by atoms with Crippen LogP contribution in [0.5, 0.6) is 0 Å². The number of unbranched alkanes of at least 4 members (excludes halogenated alkanes) is 1. The maximum atomic E-state index is 11.6. The number of amides is 1. The van der Waals surface area contributed by atoms with Crippen LogP contribution in [-0.2, 0) is 0 Å². The molecule has 1 unspecified atom stereocenters. The summed E-state index contributed by atoms with van der Waals surface area (Å²) in [5, 5.41) is 5.31. The van der Waals surface area contributed by atoms with Crippen molar-refractivity contribution < 1.29 is 4.79 Å². The molecule has 5 nitrogen and oxygen atoms in total. The minimum absolute atomic E-state index is 0.121. The van der Waals surface area contributed by atoms with Crippen LogP contribution in [0.4, 0.5) is 0 Å². The van der Waals surface area contributed by atoms with Gasteiger partial charge in [-0.15, -0.1) is 11.3 Å². The first-order valence-electron chi connectivity index (χ1n) is 5.34. The summed E-state index contributed by atoms with van der Waals surface area (Å²) in [5.41, 5.74) is 11.5. The maximum absolute atomic E-state index is 11.6. The van der Waals surface area contributed by atoms with E-state index >= 15 is 0 Å². The lowest BCUT2D eigenvalue weighted by atomic mass is 10.3. The van der Waals surface area contributed by atoms with Crippen molar-refractivity contribution in [2.75, 3.05) is 13.1 Å². The fraction of sp³-hybridized carbons (Fsp3) is 0.600. The quantitative estimate of drug-likeness (QED) is 0.638. The van der Waals surface area contributed by atoms with Gasteiger partial charge in [-0.2, -0.15) is 0 Å². The molecule has 0 saturated heterocycles. The van der Waals surface area contributed by atoms with Gasteiger partial charge >= 0.3 is 0 Å². The highest BCUT2D eigenvalue weighted by Gasteiger charge is 2.11. The first-order chi connectivity index (χ1) is 7.65. The highest BCUT2D eigenvalue weighted by molar-refractivity contribution is 7.09. The SMILES string of the molecule is CC(N)c1nc(C(=O)NCCCCN)cs1. The minimum atomic E-state index is -0.139. The standard InChI is InChI=1S/C10H18N4OS/c1-7(12)10-14-8(6-16-10)9(15)13-5-3-2-4-11/h6-7H,2-5,11-12H2,1H3,(H,13,15). The van der Waals surface area contributed by atoms with E-state index in [1.165, 1.54) is 11.3 Å². The van der Waals surface area contributed by atoms with Crippen molar-refractivity contribution >= 4 is 17.2 Å². The Hall–Kier alpha value is -0.980. The lowest BCUT2D eigenvalue weighted by Crippen LogP contribution is -2.25. The van der Waals surface area contributed by atoms with Gasteiger partial charge in [0.2, 0.25) is 0 Å². The van der Waals surface area contributed by atoms with E-state index in [2.05, 4.69) is 10.3 Å². The van der Waals surface area contributed by atoms with E-state index < -0.39 is 0 Å². The maximum Gasteiger partial charge on any atom is 0.270 e. The van der Waals surface area contributed by atoms with Gasteiger partial charge in [-0.25, -0.2) is 4.98 Å². The number of thiazole rings is 1. The number of hydrogen-bond donors (Lipinski definition) is 3. The molecule has 1 amide bonds. The van der Waals surface area contributed by atoms with Crippen molar-refractivity contribution in [1.29, 1.82) is 0 Å². The smallest absolute Gasteiger partial charge is 0.270 e. The summed E-state index contributed by atoms with van der Waals surface area (Å²) in [5.74, 6) is -0.139. The van der Waals surface area contributed by atoms with Gasteiger partial charge in [0, 0.05) is 11.9 Å². The summed E-state index contributed by atoms with van der Waals surface area (Å²) in [6.07, 6.45) is 1.81. The van der Waals surface area contributed by atoms with E-state index in [0.717, 1.165) is 17.8 Å². The van der Waals surface area contributed by atoms with Crippen LogP contribution in [0, 0.1) is 0 Å². The molecule has 0 bridgehead atoms. The van der Waals surface area contributed by atoms with Crippen LogP contribution in [0.1, 0.15) is 41.3 Å². The van der Waals surface area contributed by atoms with Crippen LogP contribution in [0.15, 0.2) is 5.38 Å². The predicted octanol–water partition coefficient (Wildman–Crippen LogP) is 0.632. The van der Waals surface area contributed by atoms with E-state index in [0.29, 0.717) is 18.8 Å². The topological polar surface area (TPSA) is 94.0 Å². The molecule has 0 fully saturated rings. The average Bonchev–Trinajstić information content (AvgIpc) is 2.73. The van der Waals surface area contributed by atoms with Gasteiger partial charge in [0.05, 0.1) is 6.04 Å². The summed E-state index contributed by atoms with van der Waals surface area (Å²) in [7, 11) is 0. The Labute approximate surface area is 99.2 Å². The van der Waals surface area contributed by atoms with Gasteiger partial charge in [0.1, 0.15) is 10.7 Å². The van der Waals surface area contributed by atoms with E-state index in [-0.39, 0.29) is 11.9 Å². The molecule has 16 heavy (non-hydrogen) atoms. The molecule has 1 atom stereocenters. The zero-order chi connectivity index (χ0) is 12.0. The first kappa shape index (κ1) is 13.1. The Kier molecular flexibility index (Phi) is 5.37. The summed E-state index contributed by atoms with van der Waals surface area (Å²) in [6.45, 7) is 3.14. The van der Waals surface area contributed by atoms with Crippen LogP contribution in [0.3, 0.4) is 0 Å². The molecule has 0 saturated carbocycles. The van der Waals surface area contributed by atoms with Gasteiger partial charge < -0.3 is 16.8 Å². The molecule has 0 aliphatic carbocycles. The van der Waals surface area contributed by atoms with Crippen molar-refractivity contribution in [2.45, 2.75) is 25.8 Å². The molecular formula is C10H18N4OS. The third kappa shape index (κ3) is 3.88. The van der Waals surface area contributed by atoms with Crippen LogP contribution in [-0.4, -0.2) is 24.0 Å². The second kappa shape index (κ2) is 6.57. The summed E-state index contributed by atoms with van der Waals surface area (Å²) in [4.78, 5) is 15.8. The number of rotatable bonds is 6. The number of carbonyl (C=O) groups is 1. The van der Waals surface area contributed by atoms with Gasteiger partial charge in [-0.1, -0.05) is 0 Å². The predicted molar refractivity (Wildman–Crippen MR) is 65.3 cm³/mol. The Balaban J connectivity index is 2.40. The minimum Gasteiger partial charge on any atom is -0.351 e. The Morgan fingerprint density at radius 3 is 2.94 bits per heavy atom. The molecule has 0 aliphatic heterocycles. The molecular weight excluding hydrogens is 224 g/mol. The fourth-order valence-electron chi connectivity index (χ4n) is 1.16. The monoisotopic (exact) mass is 242 g/mol. The Morgan fingerprint density at radius 2 is 2.38 bits per heavy atom. The number of nitrogens with two attached hydrogens (primary N) is 2. The first-order valence-corrected chi connectivity index (χ1v) is 6.22. The van der Waals surface area contributed by atoms with Gasteiger partial charge in [0.25, 0.3) is 5.91 Å². The van der Waals surface area contributed by atoms with Crippen molar-refractivity contribution in [3.63, 3.8) is 0 Å². The third-order valence-corrected chi connectivity index (χ3v) is 3.11. The number of aromatic nitrogens is 1. The number of carbonyl (C=O) groups excluding carboxylic acids is 1. The second-order valence-corrected chi connectivity index (χ2v) is 4.50. The number of hydrogen-bond acceptors (Lipinski definition) is 5. The summed E-state index contributed by atoms with van der Waals surface area (Å²) >= 11 is 1.41. The van der Waals surface area contributed by atoms with Crippen LogP contribution < -0.4 is 16.8 Å². The Morgan fingerprint density at radius 1 is 1.62 bits per heavy atom. The number of nitrogens with one attached hydrogen (secondary N) is 1. The summed E-state index contributed by atoms with van der Waals surface area (Å²) < 4.78 is 0. The fourth-order valence-corrected chi connectivity index (χ4v) is 1.92. The average molecular weight is 242 g/mol. The summed E-state index contributed by atoms with van der Waals surface area (Å²) in [6, 6.07) is -0.121. The normalized spacial score (nSPS) is 12.4. The molecule has 0 radical (unpaired) electrons. The highest BCUT2D eigenvalue weighted by Crippen LogP contribution is 2.15. The van der Waals surface area contributed by atoms with E-state index in [1.54, 1.807) is 5.38 Å². The van der Waals surface area contributed by atoms with E-state index in [9.17, 15) is 4.79 Å². The van der Waals surface area contributed by atoms with E-state index in [1.807, 2.05) is 6.92 Å². The highest BCUT2D eigenvalue weighted by atomic mass is 32.1. The van der Waals surface area contributed by atoms with Crippen LogP contribution in [0.25, 0.3) is 0 Å². The van der Waals surface area contributed by atoms with Gasteiger partial charge in [-0.05, 0) is 26.3 Å². The molecule has 5 N–H and O–H groups in total. The van der Waals surface area contributed by atoms with Crippen LogP contribution in [0.2, 0.25) is 0 Å². The van der Waals surface area contributed by atoms with Crippen molar-refractivity contribution in [2.24, 2.45) is 11.5 Å². The number of nitrogens with zero attached hydrogens (tertiary/aromatic N) is 1. The van der Waals surface area contributed by atoms with Gasteiger partial charge in [0.15, 0.2) is 0 Å². The van der Waals surface area contributed by atoms with Crippen molar-refractivity contribution in [3.8, 4) is 0 Å². The van der Waals surface area contributed by atoms with Crippen LogP contribution >= 0.6 is 11.3 Å². The third-order valence-electron chi connectivity index (χ3n) is 2.06. The van der Waals surface area contributed by atoms with Crippen molar-refractivity contribution in [1.82, 2.24) is 10.3 Å². The molecule has 90 valence electrons.